The van der Waals surface area contributed by atoms with Crippen LogP contribution in [0.4, 0.5) is 5.00 Å². The first kappa shape index (κ1) is 9.52. The van der Waals surface area contributed by atoms with Crippen LogP contribution < -0.4 is 5.73 Å². The van der Waals surface area contributed by atoms with Gasteiger partial charge in [-0.05, 0) is 24.8 Å². The maximum absolute atomic E-state index is 11.3. The lowest BCUT2D eigenvalue weighted by Crippen LogP contribution is -2.07. The minimum atomic E-state index is -0.329. The number of anilines is 1. The minimum absolute atomic E-state index is 0.329. The molecule has 0 amide bonds. The van der Waals surface area contributed by atoms with Gasteiger partial charge in [-0.15, -0.1) is 11.3 Å². The molecule has 2 N–H and O–H groups in total. The molecule has 1 aromatic rings. The van der Waals surface area contributed by atoms with Crippen LogP contribution >= 0.6 is 11.3 Å². The fourth-order valence-electron chi connectivity index (χ4n) is 1.59. The molecule has 0 saturated heterocycles. The van der Waals surface area contributed by atoms with Gasteiger partial charge in [0.1, 0.15) is 5.00 Å². The summed E-state index contributed by atoms with van der Waals surface area (Å²) in [6.07, 6.45) is 3.73. The smallest absolute Gasteiger partial charge is 0.340 e. The molecule has 1 aromatic heterocycles. The van der Waals surface area contributed by atoms with E-state index in [1.165, 1.54) is 42.6 Å². The SMILES string of the molecule is COC(=O)c1cc(C2CCC2)sc1N. The van der Waals surface area contributed by atoms with Crippen molar-refractivity contribution in [1.82, 2.24) is 0 Å². The van der Waals surface area contributed by atoms with Crippen molar-refractivity contribution < 1.29 is 9.53 Å². The Labute approximate surface area is 86.9 Å². The van der Waals surface area contributed by atoms with Crippen molar-refractivity contribution in [3.05, 3.63) is 16.5 Å². The molecule has 0 atom stereocenters. The molecule has 0 unspecified atom stereocenters. The molecule has 0 bridgehead atoms. The molecule has 3 nitrogen and oxygen atoms in total. The number of ether oxygens (including phenoxy) is 1. The first-order chi connectivity index (χ1) is 6.72. The van der Waals surface area contributed by atoms with Crippen LogP contribution in [0.15, 0.2) is 6.07 Å². The van der Waals surface area contributed by atoms with E-state index in [0.717, 1.165) is 0 Å². The van der Waals surface area contributed by atoms with Crippen molar-refractivity contribution in [1.29, 1.82) is 0 Å². The maximum Gasteiger partial charge on any atom is 0.340 e. The molecule has 4 heteroatoms. The fraction of sp³-hybridized carbons (Fsp3) is 0.500. The lowest BCUT2D eigenvalue weighted by Gasteiger charge is -2.23. The van der Waals surface area contributed by atoms with Gasteiger partial charge in [-0.3, -0.25) is 0 Å². The zero-order valence-corrected chi connectivity index (χ0v) is 8.89. The topological polar surface area (TPSA) is 52.3 Å². The van der Waals surface area contributed by atoms with E-state index in [2.05, 4.69) is 4.74 Å². The molecule has 0 aromatic carbocycles. The summed E-state index contributed by atoms with van der Waals surface area (Å²) in [4.78, 5) is 12.5. The molecular formula is C10H13NO2S. The molecule has 2 rings (SSSR count). The van der Waals surface area contributed by atoms with E-state index in [0.29, 0.717) is 16.5 Å². The van der Waals surface area contributed by atoms with E-state index in [1.807, 2.05) is 6.07 Å². The van der Waals surface area contributed by atoms with Crippen molar-refractivity contribution in [2.24, 2.45) is 0 Å². The number of carbonyl (C=O) groups is 1. The van der Waals surface area contributed by atoms with Gasteiger partial charge in [-0.25, -0.2) is 4.79 Å². The molecule has 1 aliphatic rings. The Bertz CT molecular complexity index is 355. The summed E-state index contributed by atoms with van der Waals surface area (Å²) in [5.74, 6) is 0.296. The Morgan fingerprint density at radius 2 is 2.36 bits per heavy atom. The summed E-state index contributed by atoms with van der Waals surface area (Å²) in [7, 11) is 1.38. The lowest BCUT2D eigenvalue weighted by atomic mass is 9.84. The summed E-state index contributed by atoms with van der Waals surface area (Å²) < 4.78 is 4.65. The molecule has 1 fully saturated rings. The highest BCUT2D eigenvalue weighted by Crippen LogP contribution is 2.41. The largest absolute Gasteiger partial charge is 0.465 e. The highest BCUT2D eigenvalue weighted by atomic mass is 32.1. The van der Waals surface area contributed by atoms with E-state index in [9.17, 15) is 4.79 Å². The Hall–Kier alpha value is -1.03. The number of thiophene rings is 1. The minimum Gasteiger partial charge on any atom is -0.465 e. The van der Waals surface area contributed by atoms with Crippen LogP contribution in [-0.4, -0.2) is 13.1 Å². The fourth-order valence-corrected chi connectivity index (χ4v) is 2.67. The molecule has 1 saturated carbocycles. The molecule has 0 radical (unpaired) electrons. The zero-order chi connectivity index (χ0) is 10.1. The van der Waals surface area contributed by atoms with Crippen LogP contribution in [0, 0.1) is 0 Å². The Kier molecular flexibility index (Phi) is 2.46. The van der Waals surface area contributed by atoms with Crippen LogP contribution in [0.1, 0.15) is 40.4 Å². The highest BCUT2D eigenvalue weighted by Gasteiger charge is 2.24. The second kappa shape index (κ2) is 3.61. The Morgan fingerprint density at radius 3 is 2.86 bits per heavy atom. The monoisotopic (exact) mass is 211 g/mol. The second-order valence-electron chi connectivity index (χ2n) is 3.55. The van der Waals surface area contributed by atoms with Crippen molar-refractivity contribution >= 4 is 22.3 Å². The van der Waals surface area contributed by atoms with Crippen molar-refractivity contribution in [3.63, 3.8) is 0 Å². The summed E-state index contributed by atoms with van der Waals surface area (Å²) in [5.41, 5.74) is 6.28. The van der Waals surface area contributed by atoms with Crippen LogP contribution in [0.25, 0.3) is 0 Å². The van der Waals surface area contributed by atoms with Gasteiger partial charge in [0.25, 0.3) is 0 Å². The summed E-state index contributed by atoms with van der Waals surface area (Å²) >= 11 is 1.52. The van der Waals surface area contributed by atoms with Gasteiger partial charge in [-0.2, -0.15) is 0 Å². The van der Waals surface area contributed by atoms with Crippen molar-refractivity contribution in [2.45, 2.75) is 25.2 Å². The highest BCUT2D eigenvalue weighted by molar-refractivity contribution is 7.16. The van der Waals surface area contributed by atoms with Crippen LogP contribution in [0.2, 0.25) is 0 Å². The van der Waals surface area contributed by atoms with Gasteiger partial charge in [-0.1, -0.05) is 6.42 Å². The van der Waals surface area contributed by atoms with E-state index in [1.54, 1.807) is 0 Å². The summed E-state index contributed by atoms with van der Waals surface area (Å²) in [5, 5.41) is 0.582. The van der Waals surface area contributed by atoms with Crippen LogP contribution in [0.5, 0.6) is 0 Å². The van der Waals surface area contributed by atoms with Crippen LogP contribution in [-0.2, 0) is 4.74 Å². The van der Waals surface area contributed by atoms with Gasteiger partial charge in [0.2, 0.25) is 0 Å². The van der Waals surface area contributed by atoms with Gasteiger partial charge < -0.3 is 10.5 Å². The Balaban J connectivity index is 2.24. The molecule has 0 spiro atoms. The van der Waals surface area contributed by atoms with E-state index in [-0.39, 0.29) is 5.97 Å². The van der Waals surface area contributed by atoms with Crippen molar-refractivity contribution in [3.8, 4) is 0 Å². The average molecular weight is 211 g/mol. The third kappa shape index (κ3) is 1.50. The van der Waals surface area contributed by atoms with E-state index >= 15 is 0 Å². The third-order valence-corrected chi connectivity index (χ3v) is 3.82. The first-order valence-corrected chi connectivity index (χ1v) is 5.51. The van der Waals surface area contributed by atoms with Gasteiger partial charge >= 0.3 is 5.97 Å². The number of rotatable bonds is 2. The predicted octanol–water partition coefficient (Wildman–Crippen LogP) is 2.38. The molecular weight excluding hydrogens is 198 g/mol. The molecule has 76 valence electrons. The lowest BCUT2D eigenvalue weighted by molar-refractivity contribution is 0.0602. The van der Waals surface area contributed by atoms with Gasteiger partial charge in [0.15, 0.2) is 0 Å². The second-order valence-corrected chi connectivity index (χ2v) is 4.66. The average Bonchev–Trinajstić information content (AvgIpc) is 2.43. The number of hydrogen-bond acceptors (Lipinski definition) is 4. The standard InChI is InChI=1S/C10H13NO2S/c1-13-10(12)7-5-8(14-9(7)11)6-3-2-4-6/h5-6H,2-4,11H2,1H3. The number of hydrogen-bond donors (Lipinski definition) is 1. The number of esters is 1. The van der Waals surface area contributed by atoms with Crippen LogP contribution in [0.3, 0.4) is 0 Å². The molecule has 1 heterocycles. The molecule has 0 aliphatic heterocycles. The van der Waals surface area contributed by atoms with E-state index in [4.69, 9.17) is 5.73 Å². The quantitative estimate of drug-likeness (QED) is 0.764. The molecule has 1 aliphatic carbocycles. The first-order valence-electron chi connectivity index (χ1n) is 4.70. The normalized spacial score (nSPS) is 16.4. The number of nitrogen functional groups attached to an aromatic ring is 1. The number of carbonyl (C=O) groups excluding carboxylic acids is 1. The Morgan fingerprint density at radius 1 is 1.64 bits per heavy atom. The third-order valence-electron chi connectivity index (χ3n) is 2.69. The predicted molar refractivity (Wildman–Crippen MR) is 56.7 cm³/mol. The van der Waals surface area contributed by atoms with Gasteiger partial charge in [0.05, 0.1) is 12.7 Å². The number of methoxy groups -OCH3 is 1. The maximum atomic E-state index is 11.3. The van der Waals surface area contributed by atoms with Crippen molar-refractivity contribution in [2.75, 3.05) is 12.8 Å². The summed E-state index contributed by atoms with van der Waals surface area (Å²) in [6.45, 7) is 0. The summed E-state index contributed by atoms with van der Waals surface area (Å²) in [6, 6.07) is 1.88. The van der Waals surface area contributed by atoms with Gasteiger partial charge in [0, 0.05) is 4.88 Å². The zero-order valence-electron chi connectivity index (χ0n) is 8.08. The molecule has 14 heavy (non-hydrogen) atoms. The van der Waals surface area contributed by atoms with E-state index < -0.39 is 0 Å². The number of nitrogens with two attached hydrogens (primary N) is 1.